The quantitative estimate of drug-likeness (QED) is 0.770. The van der Waals surface area contributed by atoms with Crippen LogP contribution in [0.5, 0.6) is 11.5 Å². The Morgan fingerprint density at radius 3 is 2.32 bits per heavy atom. The van der Waals surface area contributed by atoms with Crippen LogP contribution in [-0.2, 0) is 9.59 Å². The smallest absolute Gasteiger partial charge is 0.276 e. The molecule has 0 fully saturated rings. The van der Waals surface area contributed by atoms with Crippen molar-refractivity contribution in [3.63, 3.8) is 0 Å². The van der Waals surface area contributed by atoms with Gasteiger partial charge in [-0.25, -0.2) is 4.39 Å². The molecular formula is C17H16ClFN2O4. The van der Waals surface area contributed by atoms with E-state index in [-0.39, 0.29) is 12.4 Å². The van der Waals surface area contributed by atoms with Crippen molar-refractivity contribution in [2.24, 2.45) is 0 Å². The molecule has 2 aromatic carbocycles. The normalized spacial score (nSPS) is 10.0. The van der Waals surface area contributed by atoms with Crippen LogP contribution in [0.4, 0.5) is 4.39 Å². The molecule has 2 amide bonds. The molecule has 8 heteroatoms. The van der Waals surface area contributed by atoms with Crippen molar-refractivity contribution >= 4 is 23.4 Å². The first kappa shape index (κ1) is 18.5. The number of carbonyl (C=O) groups excluding carboxylic acids is 2. The van der Waals surface area contributed by atoms with Gasteiger partial charge in [0.05, 0.1) is 0 Å². The maximum Gasteiger partial charge on any atom is 0.276 e. The van der Waals surface area contributed by atoms with Gasteiger partial charge in [-0.3, -0.25) is 20.4 Å². The van der Waals surface area contributed by atoms with Gasteiger partial charge in [-0.1, -0.05) is 23.7 Å². The van der Waals surface area contributed by atoms with Crippen LogP contribution in [-0.4, -0.2) is 25.0 Å². The Kier molecular flexibility index (Phi) is 6.59. The van der Waals surface area contributed by atoms with E-state index in [4.69, 9.17) is 21.1 Å². The van der Waals surface area contributed by atoms with Crippen molar-refractivity contribution in [1.29, 1.82) is 0 Å². The summed E-state index contributed by atoms with van der Waals surface area (Å²) >= 11 is 5.89. The molecule has 6 nitrogen and oxygen atoms in total. The topological polar surface area (TPSA) is 76.7 Å². The average Bonchev–Trinajstić information content (AvgIpc) is 2.60. The zero-order valence-electron chi connectivity index (χ0n) is 13.3. The summed E-state index contributed by atoms with van der Waals surface area (Å²) in [6, 6.07) is 10.7. The third kappa shape index (κ3) is 5.96. The van der Waals surface area contributed by atoms with E-state index >= 15 is 0 Å². The van der Waals surface area contributed by atoms with Crippen molar-refractivity contribution in [3.8, 4) is 11.5 Å². The van der Waals surface area contributed by atoms with Gasteiger partial charge in [0.2, 0.25) is 0 Å². The molecule has 2 aromatic rings. The number of carbonyl (C=O) groups is 2. The first-order valence-electron chi connectivity index (χ1n) is 7.29. The zero-order valence-corrected chi connectivity index (χ0v) is 14.1. The van der Waals surface area contributed by atoms with Gasteiger partial charge in [-0.2, -0.15) is 0 Å². The van der Waals surface area contributed by atoms with Gasteiger partial charge in [0.25, 0.3) is 11.8 Å². The molecule has 25 heavy (non-hydrogen) atoms. The lowest BCUT2D eigenvalue weighted by molar-refractivity contribution is -0.131. The molecule has 0 aliphatic rings. The number of hydrogen-bond donors (Lipinski definition) is 2. The van der Waals surface area contributed by atoms with Gasteiger partial charge in [0, 0.05) is 5.02 Å². The van der Waals surface area contributed by atoms with Crippen molar-refractivity contribution in [1.82, 2.24) is 10.9 Å². The molecular weight excluding hydrogens is 351 g/mol. The minimum absolute atomic E-state index is 0.0505. The van der Waals surface area contributed by atoms with Crippen LogP contribution >= 0.6 is 11.6 Å². The lowest BCUT2D eigenvalue weighted by atomic mass is 10.2. The fraction of sp³-hybridized carbons (Fsp3) is 0.176. The van der Waals surface area contributed by atoms with Gasteiger partial charge < -0.3 is 9.47 Å². The second kappa shape index (κ2) is 8.89. The van der Waals surface area contributed by atoms with E-state index in [9.17, 15) is 14.0 Å². The summed E-state index contributed by atoms with van der Waals surface area (Å²) in [6.45, 7) is 1.07. The molecule has 0 radical (unpaired) electrons. The number of hydrazine groups is 1. The Bertz CT molecular complexity index is 770. The number of amides is 2. The number of ether oxygens (including phenoxy) is 2. The molecule has 0 saturated heterocycles. The third-order valence-electron chi connectivity index (χ3n) is 3.04. The lowest BCUT2D eigenvalue weighted by Gasteiger charge is -2.10. The molecule has 0 aliphatic carbocycles. The van der Waals surface area contributed by atoms with E-state index < -0.39 is 24.2 Å². The van der Waals surface area contributed by atoms with Crippen LogP contribution in [0.2, 0.25) is 5.02 Å². The van der Waals surface area contributed by atoms with E-state index in [1.807, 2.05) is 6.92 Å². The highest BCUT2D eigenvalue weighted by molar-refractivity contribution is 6.31. The largest absolute Gasteiger partial charge is 0.484 e. The SMILES string of the molecule is Cc1cc(OCC(=O)NNC(=O)COc2ccccc2F)ccc1Cl. The molecule has 0 aliphatic heterocycles. The van der Waals surface area contributed by atoms with E-state index in [1.165, 1.54) is 18.2 Å². The van der Waals surface area contributed by atoms with Crippen molar-refractivity contribution in [2.45, 2.75) is 6.92 Å². The highest BCUT2D eigenvalue weighted by Gasteiger charge is 2.08. The highest BCUT2D eigenvalue weighted by atomic mass is 35.5. The predicted octanol–water partition coefficient (Wildman–Crippen LogP) is 2.39. The number of para-hydroxylation sites is 1. The van der Waals surface area contributed by atoms with Crippen LogP contribution in [0.1, 0.15) is 5.56 Å². The molecule has 0 bridgehead atoms. The molecule has 2 N–H and O–H groups in total. The lowest BCUT2D eigenvalue weighted by Crippen LogP contribution is -2.45. The first-order valence-corrected chi connectivity index (χ1v) is 7.67. The molecule has 0 heterocycles. The average molecular weight is 367 g/mol. The number of nitrogens with one attached hydrogen (secondary N) is 2. The standard InChI is InChI=1S/C17H16ClFN2O4/c1-11-8-12(6-7-13(11)18)24-9-16(22)20-21-17(23)10-25-15-5-3-2-4-14(15)19/h2-8H,9-10H2,1H3,(H,20,22)(H,21,23). The number of halogens is 2. The van der Waals surface area contributed by atoms with Crippen molar-refractivity contribution in [3.05, 3.63) is 58.9 Å². The van der Waals surface area contributed by atoms with Crippen LogP contribution < -0.4 is 20.3 Å². The fourth-order valence-electron chi connectivity index (χ4n) is 1.77. The Hall–Kier alpha value is -2.80. The molecule has 0 saturated carbocycles. The van der Waals surface area contributed by atoms with Crippen LogP contribution in [0.3, 0.4) is 0 Å². The summed E-state index contributed by atoms with van der Waals surface area (Å²) in [6.07, 6.45) is 0. The van der Waals surface area contributed by atoms with Gasteiger partial charge >= 0.3 is 0 Å². The molecule has 0 spiro atoms. The zero-order chi connectivity index (χ0) is 18.2. The second-order valence-corrected chi connectivity index (χ2v) is 5.42. The monoisotopic (exact) mass is 366 g/mol. The van der Waals surface area contributed by atoms with E-state index in [0.717, 1.165) is 5.56 Å². The summed E-state index contributed by atoms with van der Waals surface area (Å²) in [5, 5.41) is 0.596. The molecule has 132 valence electrons. The Morgan fingerprint density at radius 2 is 1.68 bits per heavy atom. The molecule has 0 atom stereocenters. The van der Waals surface area contributed by atoms with Gasteiger partial charge in [0.1, 0.15) is 5.75 Å². The summed E-state index contributed by atoms with van der Waals surface area (Å²) in [5.41, 5.74) is 5.13. The Morgan fingerprint density at radius 1 is 1.04 bits per heavy atom. The molecule has 2 rings (SSSR count). The van der Waals surface area contributed by atoms with E-state index in [0.29, 0.717) is 10.8 Å². The van der Waals surface area contributed by atoms with Gasteiger partial charge in [-0.15, -0.1) is 0 Å². The van der Waals surface area contributed by atoms with Gasteiger partial charge in [-0.05, 0) is 42.8 Å². The maximum absolute atomic E-state index is 13.3. The first-order chi connectivity index (χ1) is 12.0. The summed E-state index contributed by atoms with van der Waals surface area (Å²) in [5.74, 6) is -1.35. The van der Waals surface area contributed by atoms with E-state index in [2.05, 4.69) is 10.9 Å². The highest BCUT2D eigenvalue weighted by Crippen LogP contribution is 2.20. The fourth-order valence-corrected chi connectivity index (χ4v) is 1.89. The van der Waals surface area contributed by atoms with Gasteiger partial charge in [0.15, 0.2) is 24.8 Å². The number of aryl methyl sites for hydroxylation is 1. The van der Waals surface area contributed by atoms with Crippen LogP contribution in [0.15, 0.2) is 42.5 Å². The summed E-state index contributed by atoms with van der Waals surface area (Å²) in [7, 11) is 0. The molecule has 0 unspecified atom stereocenters. The number of benzene rings is 2. The third-order valence-corrected chi connectivity index (χ3v) is 3.46. The number of rotatable bonds is 6. The van der Waals surface area contributed by atoms with Crippen molar-refractivity contribution in [2.75, 3.05) is 13.2 Å². The van der Waals surface area contributed by atoms with Crippen molar-refractivity contribution < 1.29 is 23.5 Å². The predicted molar refractivity (Wildman–Crippen MR) is 89.9 cm³/mol. The molecule has 0 aromatic heterocycles. The van der Waals surface area contributed by atoms with Crippen LogP contribution in [0, 0.1) is 12.7 Å². The summed E-state index contributed by atoms with van der Waals surface area (Å²) < 4.78 is 23.6. The Labute approximate surface area is 148 Å². The maximum atomic E-state index is 13.3. The minimum atomic E-state index is -0.640. The summed E-state index contributed by atoms with van der Waals surface area (Å²) in [4.78, 5) is 23.2. The number of hydrogen-bond acceptors (Lipinski definition) is 4. The second-order valence-electron chi connectivity index (χ2n) is 5.02. The van der Waals surface area contributed by atoms with Crippen LogP contribution in [0.25, 0.3) is 0 Å². The van der Waals surface area contributed by atoms with E-state index in [1.54, 1.807) is 24.3 Å². The minimum Gasteiger partial charge on any atom is -0.484 e. The Balaban J connectivity index is 1.69.